The van der Waals surface area contributed by atoms with E-state index < -0.39 is 0 Å². The monoisotopic (exact) mass is 523 g/mol. The average Bonchev–Trinajstić information content (AvgIpc) is 2.81. The fraction of sp³-hybridized carbons (Fsp3) is 0.160. The molecule has 0 aliphatic rings. The van der Waals surface area contributed by atoms with Crippen LogP contribution in [0.25, 0.3) is 16.6 Å². The number of thioether (sulfide) groups is 1. The molecule has 1 aromatic heterocycles. The normalized spacial score (nSPS) is 10.9. The third-order valence-electron chi connectivity index (χ3n) is 4.92. The van der Waals surface area contributed by atoms with Gasteiger partial charge in [-0.05, 0) is 74.0 Å². The first kappa shape index (κ1) is 23.1. The molecule has 33 heavy (non-hydrogen) atoms. The lowest BCUT2D eigenvalue weighted by Crippen LogP contribution is -2.23. The Morgan fingerprint density at radius 1 is 1.12 bits per heavy atom. The van der Waals surface area contributed by atoms with Gasteiger partial charge in [0.1, 0.15) is 5.75 Å². The van der Waals surface area contributed by atoms with Gasteiger partial charge in [-0.3, -0.25) is 14.2 Å². The molecule has 0 spiro atoms. The molecule has 1 N–H and O–H groups in total. The molecule has 8 heteroatoms. The third kappa shape index (κ3) is 5.29. The van der Waals surface area contributed by atoms with Gasteiger partial charge in [0.05, 0.1) is 29.0 Å². The molecule has 0 radical (unpaired) electrons. The topological polar surface area (TPSA) is 73.2 Å². The summed E-state index contributed by atoms with van der Waals surface area (Å²) in [6.07, 6.45) is 0. The summed E-state index contributed by atoms with van der Waals surface area (Å²) in [5.74, 6) is 0.653. The summed E-state index contributed by atoms with van der Waals surface area (Å²) in [5.41, 5.74) is 2.82. The van der Waals surface area contributed by atoms with Gasteiger partial charge in [-0.1, -0.05) is 39.8 Å². The molecule has 4 rings (SSSR count). The lowest BCUT2D eigenvalue weighted by molar-refractivity contribution is -0.113. The first-order valence-electron chi connectivity index (χ1n) is 10.4. The van der Waals surface area contributed by atoms with Gasteiger partial charge in [-0.25, -0.2) is 4.98 Å². The number of fused-ring (bicyclic) bond motifs is 1. The number of aromatic nitrogens is 2. The molecule has 168 valence electrons. The van der Waals surface area contributed by atoms with Gasteiger partial charge in [-0.2, -0.15) is 0 Å². The fourth-order valence-corrected chi connectivity index (χ4v) is 4.40. The molecule has 0 saturated carbocycles. The lowest BCUT2D eigenvalue weighted by Gasteiger charge is -2.14. The predicted octanol–water partition coefficient (Wildman–Crippen LogP) is 5.59. The lowest BCUT2D eigenvalue weighted by atomic mass is 10.2. The van der Waals surface area contributed by atoms with Crippen molar-refractivity contribution in [3.05, 3.63) is 87.1 Å². The van der Waals surface area contributed by atoms with Crippen molar-refractivity contribution >= 4 is 50.2 Å². The van der Waals surface area contributed by atoms with Gasteiger partial charge < -0.3 is 10.1 Å². The zero-order valence-electron chi connectivity index (χ0n) is 18.2. The van der Waals surface area contributed by atoms with E-state index in [9.17, 15) is 9.59 Å². The Morgan fingerprint density at radius 2 is 1.88 bits per heavy atom. The number of anilines is 1. The number of hydrogen-bond donors (Lipinski definition) is 1. The van der Waals surface area contributed by atoms with Crippen molar-refractivity contribution in [1.82, 2.24) is 9.55 Å². The summed E-state index contributed by atoms with van der Waals surface area (Å²) < 4.78 is 8.04. The Labute approximate surface area is 204 Å². The second-order valence-corrected chi connectivity index (χ2v) is 9.08. The number of halogens is 1. The van der Waals surface area contributed by atoms with E-state index in [4.69, 9.17) is 4.74 Å². The van der Waals surface area contributed by atoms with E-state index in [0.717, 1.165) is 21.5 Å². The minimum atomic E-state index is -0.184. The van der Waals surface area contributed by atoms with Crippen LogP contribution in [0.1, 0.15) is 12.5 Å². The smallest absolute Gasteiger partial charge is 0.266 e. The maximum absolute atomic E-state index is 13.3. The number of nitrogens with one attached hydrogen (secondary N) is 1. The third-order valence-corrected chi connectivity index (χ3v) is 6.75. The number of amides is 1. The van der Waals surface area contributed by atoms with Crippen LogP contribution in [0, 0.1) is 6.92 Å². The Bertz CT molecular complexity index is 1370. The number of ether oxygens (including phenoxy) is 1. The zero-order chi connectivity index (χ0) is 23.4. The summed E-state index contributed by atoms with van der Waals surface area (Å²) in [4.78, 5) is 30.6. The highest BCUT2D eigenvalue weighted by Crippen LogP contribution is 2.24. The van der Waals surface area contributed by atoms with Crippen molar-refractivity contribution in [2.75, 3.05) is 17.7 Å². The van der Waals surface area contributed by atoms with E-state index in [1.54, 1.807) is 16.7 Å². The molecule has 0 bridgehead atoms. The van der Waals surface area contributed by atoms with Crippen LogP contribution in [0.15, 0.2) is 81.2 Å². The molecule has 0 aliphatic carbocycles. The molecule has 4 aromatic rings. The average molecular weight is 524 g/mol. The zero-order valence-corrected chi connectivity index (χ0v) is 20.6. The minimum Gasteiger partial charge on any atom is -0.494 e. The molecule has 0 saturated heterocycles. The van der Waals surface area contributed by atoms with Crippen molar-refractivity contribution in [3.8, 4) is 11.4 Å². The van der Waals surface area contributed by atoms with Gasteiger partial charge in [0.2, 0.25) is 5.91 Å². The van der Waals surface area contributed by atoms with E-state index in [1.807, 2.05) is 68.4 Å². The van der Waals surface area contributed by atoms with Crippen LogP contribution in [0.4, 0.5) is 5.69 Å². The highest BCUT2D eigenvalue weighted by Gasteiger charge is 2.15. The summed E-state index contributed by atoms with van der Waals surface area (Å²) >= 11 is 4.68. The van der Waals surface area contributed by atoms with Crippen LogP contribution in [0.5, 0.6) is 5.75 Å². The number of aryl methyl sites for hydroxylation is 1. The largest absolute Gasteiger partial charge is 0.494 e. The highest BCUT2D eigenvalue weighted by molar-refractivity contribution is 9.10. The number of rotatable bonds is 7. The van der Waals surface area contributed by atoms with Crippen molar-refractivity contribution in [2.24, 2.45) is 0 Å². The fourth-order valence-electron chi connectivity index (χ4n) is 3.34. The van der Waals surface area contributed by atoms with E-state index >= 15 is 0 Å². The number of para-hydroxylation sites is 1. The molecule has 0 aliphatic heterocycles. The standard InChI is InChI=1S/C25H22BrN3O3S/c1-3-32-19-11-9-18(10-12-19)29-24(31)20-6-4-5-7-22(20)28-25(29)33-15-23(30)27-17-8-13-21(26)16(2)14-17/h4-14H,3,15H2,1-2H3,(H,27,30). The molecule has 0 atom stereocenters. The Hall–Kier alpha value is -3.10. The second kappa shape index (κ2) is 10.2. The molecular formula is C25H22BrN3O3S. The van der Waals surface area contributed by atoms with Crippen molar-refractivity contribution in [1.29, 1.82) is 0 Å². The van der Waals surface area contributed by atoms with Gasteiger partial charge in [0, 0.05) is 10.2 Å². The number of hydrogen-bond acceptors (Lipinski definition) is 5. The van der Waals surface area contributed by atoms with E-state index in [1.165, 1.54) is 11.8 Å². The van der Waals surface area contributed by atoms with Gasteiger partial charge in [-0.15, -0.1) is 0 Å². The predicted molar refractivity (Wildman–Crippen MR) is 137 cm³/mol. The van der Waals surface area contributed by atoms with Gasteiger partial charge in [0.15, 0.2) is 5.16 Å². The number of nitrogens with zero attached hydrogens (tertiary/aromatic N) is 2. The molecule has 3 aromatic carbocycles. The van der Waals surface area contributed by atoms with Crippen LogP contribution >= 0.6 is 27.7 Å². The molecule has 1 amide bonds. The van der Waals surface area contributed by atoms with Crippen molar-refractivity contribution in [2.45, 2.75) is 19.0 Å². The first-order chi connectivity index (χ1) is 16.0. The Morgan fingerprint density at radius 3 is 2.61 bits per heavy atom. The number of benzene rings is 3. The van der Waals surface area contributed by atoms with Gasteiger partial charge in [0.25, 0.3) is 5.56 Å². The van der Waals surface area contributed by atoms with E-state index in [2.05, 4.69) is 26.2 Å². The van der Waals surface area contributed by atoms with Crippen molar-refractivity contribution < 1.29 is 9.53 Å². The summed E-state index contributed by atoms with van der Waals surface area (Å²) in [6, 6.07) is 20.1. The summed E-state index contributed by atoms with van der Waals surface area (Å²) in [7, 11) is 0. The van der Waals surface area contributed by atoms with Gasteiger partial charge >= 0.3 is 0 Å². The van der Waals surface area contributed by atoms with Crippen LogP contribution in [-0.2, 0) is 4.79 Å². The van der Waals surface area contributed by atoms with E-state index in [0.29, 0.717) is 28.4 Å². The summed E-state index contributed by atoms with van der Waals surface area (Å²) in [6.45, 7) is 4.44. The van der Waals surface area contributed by atoms with Crippen LogP contribution in [0.2, 0.25) is 0 Å². The van der Waals surface area contributed by atoms with Crippen LogP contribution in [0.3, 0.4) is 0 Å². The molecule has 0 fully saturated rings. The Balaban J connectivity index is 1.64. The summed E-state index contributed by atoms with van der Waals surface area (Å²) in [5, 5.41) is 3.87. The Kier molecular flexibility index (Phi) is 7.15. The highest BCUT2D eigenvalue weighted by atomic mass is 79.9. The maximum atomic E-state index is 13.3. The minimum absolute atomic E-state index is 0.108. The number of carbonyl (C=O) groups excluding carboxylic acids is 1. The molecular weight excluding hydrogens is 502 g/mol. The van der Waals surface area contributed by atoms with Crippen LogP contribution < -0.4 is 15.6 Å². The molecule has 6 nitrogen and oxygen atoms in total. The quantitative estimate of drug-likeness (QED) is 0.252. The number of carbonyl (C=O) groups is 1. The van der Waals surface area contributed by atoms with E-state index in [-0.39, 0.29) is 17.2 Å². The van der Waals surface area contributed by atoms with Crippen molar-refractivity contribution in [3.63, 3.8) is 0 Å². The molecule has 1 heterocycles. The first-order valence-corrected chi connectivity index (χ1v) is 12.2. The maximum Gasteiger partial charge on any atom is 0.266 e. The van der Waals surface area contributed by atoms with Crippen LogP contribution in [-0.4, -0.2) is 27.8 Å². The molecule has 0 unspecified atom stereocenters. The SMILES string of the molecule is CCOc1ccc(-n2c(SCC(=O)Nc3ccc(Br)c(C)c3)nc3ccccc3c2=O)cc1. The second-order valence-electron chi connectivity index (χ2n) is 7.28.